The summed E-state index contributed by atoms with van der Waals surface area (Å²) < 4.78 is 21.4. The Morgan fingerprint density at radius 1 is 0.880 bits per heavy atom. The van der Waals surface area contributed by atoms with Crippen molar-refractivity contribution in [2.75, 3.05) is 0 Å². The molecule has 25 heavy (non-hydrogen) atoms. The highest BCUT2D eigenvalue weighted by Crippen LogP contribution is 2.56. The molecule has 0 aliphatic rings. The van der Waals surface area contributed by atoms with Crippen LogP contribution >= 0.6 is 30.8 Å². The zero-order chi connectivity index (χ0) is 18.6. The number of halogens is 2. The molecule has 2 aromatic rings. The normalized spacial score (nSPS) is 11.2. The molecule has 0 fully saturated rings. The number of non-ortho nitro benzene ring substituents is 2. The molecule has 0 saturated heterocycles. The lowest BCUT2D eigenvalue weighted by Gasteiger charge is -2.20. The second kappa shape index (κ2) is 7.69. The number of alkyl halides is 2. The van der Waals surface area contributed by atoms with Crippen molar-refractivity contribution in [1.82, 2.24) is 0 Å². The molecule has 0 radical (unpaired) electrons. The second-order valence-electron chi connectivity index (χ2n) is 4.51. The van der Waals surface area contributed by atoms with E-state index in [0.717, 1.165) is 12.1 Å². The third-order valence-corrected chi connectivity index (χ3v) is 5.60. The molecule has 0 spiro atoms. The summed E-state index contributed by atoms with van der Waals surface area (Å²) in [6, 6.07) is 9.65. The molecule has 2 rings (SSSR count). The highest BCUT2D eigenvalue weighted by atomic mass is 35.5. The Labute approximate surface area is 150 Å². The van der Waals surface area contributed by atoms with E-state index in [-0.39, 0.29) is 22.9 Å². The van der Waals surface area contributed by atoms with Crippen LogP contribution in [-0.2, 0) is 4.57 Å². The van der Waals surface area contributed by atoms with E-state index in [4.69, 9.17) is 32.2 Å². The first kappa shape index (κ1) is 19.0. The molecule has 0 heterocycles. The Morgan fingerprint density at radius 3 is 1.60 bits per heavy atom. The zero-order valence-corrected chi connectivity index (χ0v) is 14.6. The van der Waals surface area contributed by atoms with Crippen LogP contribution in [0, 0.1) is 20.2 Å². The van der Waals surface area contributed by atoms with Crippen LogP contribution in [0.5, 0.6) is 11.5 Å². The molecule has 2 aromatic carbocycles. The molecule has 0 saturated carbocycles. The molecule has 0 bridgehead atoms. The van der Waals surface area contributed by atoms with Gasteiger partial charge < -0.3 is 9.05 Å². The Bertz CT molecular complexity index is 798. The fourth-order valence-electron chi connectivity index (χ4n) is 1.70. The maximum atomic E-state index is 12.8. The molecule has 0 atom stereocenters. The highest BCUT2D eigenvalue weighted by Gasteiger charge is 2.37. The molecule has 0 aliphatic carbocycles. The average molecular weight is 407 g/mol. The van der Waals surface area contributed by atoms with Crippen LogP contribution in [0.15, 0.2) is 48.5 Å². The summed E-state index contributed by atoms with van der Waals surface area (Å²) in [6.45, 7) is 0. The first-order valence-corrected chi connectivity index (χ1v) is 8.96. The fraction of sp³-hybridized carbons (Fsp3) is 0.0769. The molecule has 0 aliphatic heterocycles. The van der Waals surface area contributed by atoms with E-state index in [9.17, 15) is 24.8 Å². The summed E-state index contributed by atoms with van der Waals surface area (Å²) in [5.74, 6) is -0.316. The van der Waals surface area contributed by atoms with Gasteiger partial charge in [-0.3, -0.25) is 20.2 Å². The van der Waals surface area contributed by atoms with Crippen molar-refractivity contribution >= 4 is 42.2 Å². The van der Waals surface area contributed by atoms with Crippen molar-refractivity contribution in [3.63, 3.8) is 0 Å². The average Bonchev–Trinajstić information content (AvgIpc) is 2.55. The lowest BCUT2D eigenvalue weighted by atomic mass is 10.3. The van der Waals surface area contributed by atoms with Crippen LogP contribution in [0.25, 0.3) is 0 Å². The minimum Gasteiger partial charge on any atom is -0.414 e. The SMILES string of the molecule is O=[N+]([O-])c1cccc(OP(=O)(Oc2cccc([N+](=O)[O-])c2)C(Cl)Cl)c1. The van der Waals surface area contributed by atoms with Crippen LogP contribution in [0.1, 0.15) is 0 Å². The minimum absolute atomic E-state index is 0.158. The Morgan fingerprint density at radius 2 is 1.28 bits per heavy atom. The number of benzene rings is 2. The Hall–Kier alpha value is -2.35. The predicted molar refractivity (Wildman–Crippen MR) is 90.5 cm³/mol. The van der Waals surface area contributed by atoms with Gasteiger partial charge in [0.1, 0.15) is 11.5 Å². The van der Waals surface area contributed by atoms with Gasteiger partial charge >= 0.3 is 7.60 Å². The molecule has 132 valence electrons. The molecule has 0 aromatic heterocycles. The number of hydrogen-bond acceptors (Lipinski definition) is 7. The molecular weight excluding hydrogens is 398 g/mol. The van der Waals surface area contributed by atoms with Crippen molar-refractivity contribution in [3.05, 3.63) is 68.8 Å². The number of nitro groups is 2. The van der Waals surface area contributed by atoms with Crippen molar-refractivity contribution in [3.8, 4) is 11.5 Å². The number of nitro benzene ring substituents is 2. The summed E-state index contributed by atoms with van der Waals surface area (Å²) in [7, 11) is -4.25. The third kappa shape index (κ3) is 4.82. The van der Waals surface area contributed by atoms with Crippen LogP contribution in [-0.4, -0.2) is 14.4 Å². The van der Waals surface area contributed by atoms with Crippen molar-refractivity contribution in [1.29, 1.82) is 0 Å². The van der Waals surface area contributed by atoms with Gasteiger partial charge in [-0.05, 0) is 12.1 Å². The third-order valence-electron chi connectivity index (χ3n) is 2.76. The van der Waals surface area contributed by atoms with Crippen molar-refractivity contribution in [2.24, 2.45) is 0 Å². The summed E-state index contributed by atoms with van der Waals surface area (Å²) >= 11 is 11.3. The predicted octanol–water partition coefficient (Wildman–Crippen LogP) is 4.92. The molecule has 9 nitrogen and oxygen atoms in total. The zero-order valence-electron chi connectivity index (χ0n) is 12.2. The quantitative estimate of drug-likeness (QED) is 0.276. The van der Waals surface area contributed by atoms with Gasteiger partial charge in [0.25, 0.3) is 11.4 Å². The Balaban J connectivity index is 2.31. The molecule has 0 N–H and O–H groups in total. The second-order valence-corrected chi connectivity index (χ2v) is 8.18. The van der Waals surface area contributed by atoms with E-state index < -0.39 is 22.0 Å². The molecule has 0 amide bonds. The topological polar surface area (TPSA) is 122 Å². The van der Waals surface area contributed by atoms with E-state index in [0.29, 0.717) is 0 Å². The van der Waals surface area contributed by atoms with Gasteiger partial charge in [-0.2, -0.15) is 0 Å². The van der Waals surface area contributed by atoms with Crippen LogP contribution < -0.4 is 9.05 Å². The summed E-state index contributed by atoms with van der Waals surface area (Å²) in [4.78, 5) is 20.2. The molecular formula is C13H9Cl2N2O7P. The van der Waals surface area contributed by atoms with E-state index in [1.165, 1.54) is 36.4 Å². The van der Waals surface area contributed by atoms with Gasteiger partial charge in [-0.25, -0.2) is 4.57 Å². The Kier molecular flexibility index (Phi) is 5.84. The summed E-state index contributed by atoms with van der Waals surface area (Å²) in [6.07, 6.45) is 0. The van der Waals surface area contributed by atoms with Crippen LogP contribution in [0.4, 0.5) is 11.4 Å². The van der Waals surface area contributed by atoms with Gasteiger partial charge in [0, 0.05) is 12.1 Å². The highest BCUT2D eigenvalue weighted by molar-refractivity contribution is 7.59. The lowest BCUT2D eigenvalue weighted by Crippen LogP contribution is -2.07. The van der Waals surface area contributed by atoms with E-state index in [2.05, 4.69) is 0 Å². The van der Waals surface area contributed by atoms with E-state index in [1.54, 1.807) is 0 Å². The lowest BCUT2D eigenvalue weighted by molar-refractivity contribution is -0.385. The number of hydrogen-bond donors (Lipinski definition) is 0. The fourth-order valence-corrected chi connectivity index (χ4v) is 3.19. The standard InChI is InChI=1S/C13H9Cl2N2O7P/c14-13(15)25(22,23-11-5-1-3-9(7-11)16(18)19)24-12-6-2-4-10(8-12)17(20)21/h1-8,13H. The minimum atomic E-state index is -4.25. The van der Waals surface area contributed by atoms with E-state index in [1.807, 2.05) is 0 Å². The largest absolute Gasteiger partial charge is 0.463 e. The smallest absolute Gasteiger partial charge is 0.414 e. The number of nitrogens with zero attached hydrogens (tertiary/aromatic N) is 2. The van der Waals surface area contributed by atoms with Gasteiger partial charge in [0.15, 0.2) is 0 Å². The van der Waals surface area contributed by atoms with Crippen molar-refractivity contribution < 1.29 is 23.5 Å². The molecule has 12 heteroatoms. The van der Waals surface area contributed by atoms with Crippen LogP contribution in [0.2, 0.25) is 0 Å². The summed E-state index contributed by atoms with van der Waals surface area (Å²) in [5.41, 5.74) is -0.611. The van der Waals surface area contributed by atoms with Gasteiger partial charge in [-0.15, -0.1) is 0 Å². The van der Waals surface area contributed by atoms with Crippen molar-refractivity contribution in [2.45, 2.75) is 4.58 Å². The maximum absolute atomic E-state index is 12.8. The maximum Gasteiger partial charge on any atom is 0.463 e. The van der Waals surface area contributed by atoms with Gasteiger partial charge in [-0.1, -0.05) is 35.3 Å². The summed E-state index contributed by atoms with van der Waals surface area (Å²) in [5, 5.41) is 21.6. The number of rotatable bonds is 7. The first-order chi connectivity index (χ1) is 11.7. The van der Waals surface area contributed by atoms with Gasteiger partial charge in [0.2, 0.25) is 4.58 Å². The van der Waals surface area contributed by atoms with Gasteiger partial charge in [0.05, 0.1) is 22.0 Å². The molecule has 0 unspecified atom stereocenters. The van der Waals surface area contributed by atoms with E-state index >= 15 is 0 Å². The monoisotopic (exact) mass is 406 g/mol. The van der Waals surface area contributed by atoms with Crippen LogP contribution in [0.3, 0.4) is 0 Å². The first-order valence-electron chi connectivity index (χ1n) is 6.47.